The van der Waals surface area contributed by atoms with Gasteiger partial charge in [0.05, 0.1) is 48.2 Å². The van der Waals surface area contributed by atoms with Gasteiger partial charge in [-0.1, -0.05) is 152 Å². The molecule has 0 unspecified atom stereocenters. The number of likely N-dealkylation sites (tertiary alicyclic amines) is 1. The first-order valence-electron chi connectivity index (χ1n) is 33.1. The van der Waals surface area contributed by atoms with Gasteiger partial charge < -0.3 is 66.9 Å². The summed E-state index contributed by atoms with van der Waals surface area (Å²) < 4.78 is 47.6. The second-order valence-corrected chi connectivity index (χ2v) is 29.8. The average molecular weight is 1510 g/mol. The lowest BCUT2D eigenvalue weighted by atomic mass is 9.85. The third kappa shape index (κ3) is 21.4. The number of thiazole rings is 1. The first-order chi connectivity index (χ1) is 48.3. The maximum Gasteiger partial charge on any atom is 0.399 e. The van der Waals surface area contributed by atoms with Gasteiger partial charge in [-0.2, -0.15) is 8.78 Å². The Morgan fingerprint density at radius 1 is 0.706 bits per heavy atom. The number of alkyl halides is 2. The SMILES string of the molecule is COc1cc(CC(=O)N[C@@H](Cc2ccccc2)C(=O)N[C@@H](Cc2ccc(C(F)(F)P(=O)(O)O)cc2)C(=O)N[C@@H](CCCCNC(=O)c2ccc(C)c(Br)c2)C(=O)NCc2cccc(CC(=O)N[C@H](C(=O)N3C[C@H](O)C[C@H]3C(=O)N[C@@H](C)c3ccc(-c4scnc4C)cc3)C(C)(C)C)c2)ccc1O. The van der Waals surface area contributed by atoms with Gasteiger partial charge in [-0.05, 0) is 114 Å². The Morgan fingerprint density at radius 2 is 1.31 bits per heavy atom. The second-order valence-electron chi connectivity index (χ2n) is 26.4. The van der Waals surface area contributed by atoms with Crippen LogP contribution in [0.25, 0.3) is 10.4 Å². The van der Waals surface area contributed by atoms with Gasteiger partial charge in [0.2, 0.25) is 41.4 Å². The molecule has 7 atom stereocenters. The molecule has 0 spiro atoms. The van der Waals surface area contributed by atoms with E-state index < -0.39 is 114 Å². The van der Waals surface area contributed by atoms with Crippen LogP contribution in [0, 0.1) is 19.3 Å². The number of aromatic hydroxyl groups is 1. The highest BCUT2D eigenvalue weighted by atomic mass is 79.9. The normalized spacial score (nSPS) is 15.4. The van der Waals surface area contributed by atoms with Crippen molar-refractivity contribution >= 4 is 82.1 Å². The number of aliphatic hydroxyl groups is 1. The molecule has 542 valence electrons. The van der Waals surface area contributed by atoms with Crippen molar-refractivity contribution in [3.63, 3.8) is 0 Å². The Balaban J connectivity index is 0.985. The molecule has 28 heteroatoms. The number of amides is 8. The number of aromatic nitrogens is 1. The number of nitrogens with zero attached hydrogens (tertiary/aromatic N) is 2. The molecule has 1 aromatic heterocycles. The Bertz CT molecular complexity index is 4200. The van der Waals surface area contributed by atoms with Crippen LogP contribution >= 0.6 is 34.9 Å². The Hall–Kier alpha value is -9.24. The predicted molar refractivity (Wildman–Crippen MR) is 384 cm³/mol. The van der Waals surface area contributed by atoms with Crippen LogP contribution in [-0.2, 0) is 76.0 Å². The summed E-state index contributed by atoms with van der Waals surface area (Å²) >= 11 is 4.98. The number of β-amino-alcohol motifs (C(OH)–C–C–N with tert-alkyl or cyclic N) is 1. The third-order valence-corrected chi connectivity index (χ3v) is 20.3. The van der Waals surface area contributed by atoms with E-state index in [1.807, 2.05) is 45.0 Å². The van der Waals surface area contributed by atoms with Crippen LogP contribution in [-0.4, -0.2) is 134 Å². The van der Waals surface area contributed by atoms with Gasteiger partial charge in [-0.15, -0.1) is 11.3 Å². The molecule has 1 fully saturated rings. The molecule has 8 rings (SSSR count). The number of hydrogen-bond donors (Lipinski definition) is 11. The zero-order chi connectivity index (χ0) is 74.2. The minimum absolute atomic E-state index is 0.0165. The summed E-state index contributed by atoms with van der Waals surface area (Å²) in [6, 6.07) is 29.2. The van der Waals surface area contributed by atoms with Gasteiger partial charge >= 0.3 is 13.3 Å². The van der Waals surface area contributed by atoms with Crippen molar-refractivity contribution < 1.29 is 76.4 Å². The van der Waals surface area contributed by atoms with E-state index in [1.165, 1.54) is 41.5 Å². The third-order valence-electron chi connectivity index (χ3n) is 17.4. The number of phenolic OH excluding ortho intramolecular Hbond substituents is 1. The molecule has 0 radical (unpaired) electrons. The Labute approximate surface area is 602 Å². The van der Waals surface area contributed by atoms with Crippen LogP contribution < -0.4 is 42.0 Å². The topological polar surface area (TPSA) is 344 Å². The molecular weight excluding hydrogens is 1420 g/mol. The number of aliphatic hydroxyl groups excluding tert-OH is 1. The van der Waals surface area contributed by atoms with Crippen LogP contribution in [0.5, 0.6) is 11.5 Å². The van der Waals surface area contributed by atoms with Crippen LogP contribution in [0.3, 0.4) is 0 Å². The van der Waals surface area contributed by atoms with E-state index in [9.17, 15) is 71.7 Å². The zero-order valence-corrected chi connectivity index (χ0v) is 60.7. The molecule has 7 aromatic rings. The van der Waals surface area contributed by atoms with Crippen molar-refractivity contribution in [2.24, 2.45) is 5.41 Å². The number of hydrogen-bond acceptors (Lipinski definition) is 14. The van der Waals surface area contributed by atoms with Gasteiger partial charge in [0.25, 0.3) is 5.91 Å². The summed E-state index contributed by atoms with van der Waals surface area (Å²) in [5.74, 6) is -5.15. The molecule has 1 aliphatic heterocycles. The smallest absolute Gasteiger partial charge is 0.399 e. The minimum Gasteiger partial charge on any atom is -0.504 e. The highest BCUT2D eigenvalue weighted by Crippen LogP contribution is 2.59. The summed E-state index contributed by atoms with van der Waals surface area (Å²) in [4.78, 5) is 139. The van der Waals surface area contributed by atoms with E-state index in [2.05, 4.69) is 58.1 Å². The fourth-order valence-corrected chi connectivity index (χ4v) is 13.4. The minimum atomic E-state index is -5.99. The fourth-order valence-electron chi connectivity index (χ4n) is 11.7. The Kier molecular flexibility index (Phi) is 27.0. The van der Waals surface area contributed by atoms with Gasteiger partial charge in [0.15, 0.2) is 11.5 Å². The second kappa shape index (κ2) is 35.1. The molecule has 0 aliphatic carbocycles. The molecule has 11 N–H and O–H groups in total. The summed E-state index contributed by atoms with van der Waals surface area (Å²) in [7, 11) is -4.66. The summed E-state index contributed by atoms with van der Waals surface area (Å²) in [5.41, 5.74) is 1.49. The number of nitrogens with one attached hydrogen (secondary N) is 7. The molecule has 8 amide bonds. The van der Waals surface area contributed by atoms with Gasteiger partial charge in [0.1, 0.15) is 30.2 Å². The molecule has 0 saturated carbocycles. The lowest BCUT2D eigenvalue weighted by molar-refractivity contribution is -0.144. The quantitative estimate of drug-likeness (QED) is 0.0143. The molecule has 0 bridgehead atoms. The lowest BCUT2D eigenvalue weighted by Gasteiger charge is -2.35. The van der Waals surface area contributed by atoms with Crippen LogP contribution in [0.15, 0.2) is 150 Å². The molecule has 1 saturated heterocycles. The predicted octanol–water partition coefficient (Wildman–Crippen LogP) is 8.44. The number of halogens is 3. The molecule has 6 aromatic carbocycles. The zero-order valence-electron chi connectivity index (χ0n) is 57.4. The maximum absolute atomic E-state index is 14.9. The van der Waals surface area contributed by atoms with E-state index in [1.54, 1.807) is 99.1 Å². The van der Waals surface area contributed by atoms with E-state index >= 15 is 0 Å². The molecule has 23 nitrogen and oxygen atoms in total. The van der Waals surface area contributed by atoms with E-state index in [4.69, 9.17) is 4.74 Å². The molecule has 2 heterocycles. The van der Waals surface area contributed by atoms with Crippen LogP contribution in [0.2, 0.25) is 0 Å². The first-order valence-corrected chi connectivity index (χ1v) is 36.4. The Morgan fingerprint density at radius 3 is 1.94 bits per heavy atom. The summed E-state index contributed by atoms with van der Waals surface area (Å²) in [6.07, 6.45) is -1.55. The maximum atomic E-state index is 14.9. The fraction of sp³-hybridized carbons (Fsp3) is 0.365. The lowest BCUT2D eigenvalue weighted by Crippen LogP contribution is -2.58. The molecular formula is C74H85BrF2N9O14PS. The van der Waals surface area contributed by atoms with Crippen molar-refractivity contribution in [3.05, 3.63) is 205 Å². The molecule has 1 aliphatic rings. The number of rotatable bonds is 31. The number of carbonyl (C=O) groups is 8. The van der Waals surface area contributed by atoms with Gasteiger partial charge in [-0.3, -0.25) is 42.9 Å². The number of unbranched alkanes of at least 4 members (excludes halogenated alkanes) is 1. The van der Waals surface area contributed by atoms with Crippen molar-refractivity contribution in [2.75, 3.05) is 20.2 Å². The number of carbonyl (C=O) groups excluding carboxylic acids is 8. The van der Waals surface area contributed by atoms with Crippen LogP contribution in [0.1, 0.15) is 120 Å². The van der Waals surface area contributed by atoms with E-state index in [0.717, 1.165) is 56.0 Å². The van der Waals surface area contributed by atoms with Crippen molar-refractivity contribution in [3.8, 4) is 21.9 Å². The van der Waals surface area contributed by atoms with Crippen molar-refractivity contribution in [1.82, 2.24) is 47.1 Å². The highest BCUT2D eigenvalue weighted by molar-refractivity contribution is 9.10. The van der Waals surface area contributed by atoms with E-state index in [0.29, 0.717) is 34.2 Å². The van der Waals surface area contributed by atoms with Gasteiger partial charge in [-0.25, -0.2) is 4.98 Å². The summed E-state index contributed by atoms with van der Waals surface area (Å²) in [6.45, 7) is 10.8. The van der Waals surface area contributed by atoms with Crippen molar-refractivity contribution in [2.45, 2.75) is 147 Å². The monoisotopic (exact) mass is 1500 g/mol. The standard InChI is InChI=1S/C74H85BrF2N9O14PS/c1-43-19-23-53(38-56(43)75)67(91)78-31-12-11-18-57(83-70(94)59(34-47-20-28-54(29-21-47)74(76,77)101(97,98)99)84-69(93)58(33-46-14-9-8-10-15-46)82-63(89)37-49-22-30-61(88)62(35-49)100-7)68(92)79-40-50-17-13-16-48(32-50)36-64(90)85-66(73(4,5)6)72(96)86-41-55(87)39-60(86)71(95)81-44(2)51-24-26-52(27-25-51)65-45(3)80-42-102-65/h8-10,13-17,19-30,32,35,38,42,44,55,57-60,66,87-88H,11-12,18,31,33-34,36-37,39-41H2,1-7H3,(H,78,91)(H,79,92)(H,81,95)(H,82,89)(H,83,94)(H,84,93)(H,85,90)(H2,97,98,99)/t44-,55+,57-,58-,59-,60-,66+/m0/s1. The van der Waals surface area contributed by atoms with Crippen LogP contribution in [0.4, 0.5) is 8.78 Å². The molecule has 102 heavy (non-hydrogen) atoms. The number of aryl methyl sites for hydroxylation is 2. The largest absolute Gasteiger partial charge is 0.504 e. The van der Waals surface area contributed by atoms with Gasteiger partial charge in [0, 0.05) is 54.5 Å². The number of benzene rings is 6. The number of ether oxygens (including phenoxy) is 1. The number of phenols is 1. The average Bonchev–Trinajstić information content (AvgIpc) is 1.63. The first kappa shape index (κ1) is 78.5. The highest BCUT2D eigenvalue weighted by Gasteiger charge is 2.50. The van der Waals surface area contributed by atoms with Crippen molar-refractivity contribution in [1.29, 1.82) is 0 Å². The number of methoxy groups -OCH3 is 1. The van der Waals surface area contributed by atoms with E-state index in [-0.39, 0.29) is 81.1 Å². The summed E-state index contributed by atoms with van der Waals surface area (Å²) in [5, 5.41) is 40.9.